The quantitative estimate of drug-likeness (QED) is 0.805. The van der Waals surface area contributed by atoms with E-state index in [2.05, 4.69) is 42.3 Å². The molecular formula is C16H26N2O2. The highest BCUT2D eigenvalue weighted by Crippen LogP contribution is 2.19. The van der Waals surface area contributed by atoms with Crippen molar-refractivity contribution >= 4 is 11.7 Å². The molecule has 0 aliphatic carbocycles. The lowest BCUT2D eigenvalue weighted by Gasteiger charge is -2.29. The average molecular weight is 278 g/mol. The first-order valence-corrected chi connectivity index (χ1v) is 7.06. The maximum atomic E-state index is 11.4. The van der Waals surface area contributed by atoms with Gasteiger partial charge in [0.1, 0.15) is 5.54 Å². The van der Waals surface area contributed by atoms with Crippen molar-refractivity contribution in [1.82, 2.24) is 5.32 Å². The highest BCUT2D eigenvalue weighted by molar-refractivity contribution is 5.78. The molecule has 0 aliphatic rings. The molecule has 0 amide bonds. The van der Waals surface area contributed by atoms with Crippen LogP contribution in [0.3, 0.4) is 0 Å². The Morgan fingerprint density at radius 1 is 1.30 bits per heavy atom. The van der Waals surface area contributed by atoms with Crippen molar-refractivity contribution in [2.45, 2.75) is 39.7 Å². The Morgan fingerprint density at radius 3 is 2.30 bits per heavy atom. The van der Waals surface area contributed by atoms with Gasteiger partial charge in [0.25, 0.3) is 0 Å². The second-order valence-electron chi connectivity index (χ2n) is 5.69. The zero-order chi connectivity index (χ0) is 15.3. The van der Waals surface area contributed by atoms with Crippen LogP contribution in [0.4, 0.5) is 5.69 Å². The lowest BCUT2D eigenvalue weighted by molar-refractivity contribution is -0.144. The smallest absolute Gasteiger partial charge is 0.323 e. The van der Waals surface area contributed by atoms with Gasteiger partial charge >= 0.3 is 5.97 Å². The maximum Gasteiger partial charge on any atom is 0.323 e. The highest BCUT2D eigenvalue weighted by Gasteiger charge is 2.31. The summed E-state index contributed by atoms with van der Waals surface area (Å²) in [5.74, 6) is -0.798. The summed E-state index contributed by atoms with van der Waals surface area (Å²) in [6.07, 6.45) is 0.555. The number of hydrogen-bond donors (Lipinski definition) is 2. The van der Waals surface area contributed by atoms with E-state index < -0.39 is 11.5 Å². The molecule has 0 heterocycles. The number of carboxylic acid groups (broad SMARTS) is 1. The fourth-order valence-corrected chi connectivity index (χ4v) is 2.35. The number of carbonyl (C=O) groups is 1. The van der Waals surface area contributed by atoms with Crippen LogP contribution in [0.5, 0.6) is 0 Å². The molecule has 1 unspecified atom stereocenters. The fourth-order valence-electron chi connectivity index (χ4n) is 2.35. The van der Waals surface area contributed by atoms with Gasteiger partial charge < -0.3 is 15.3 Å². The van der Waals surface area contributed by atoms with E-state index in [1.54, 1.807) is 6.92 Å². The van der Waals surface area contributed by atoms with E-state index in [9.17, 15) is 9.90 Å². The maximum absolute atomic E-state index is 11.4. The molecule has 4 nitrogen and oxygen atoms in total. The van der Waals surface area contributed by atoms with Gasteiger partial charge in [0.15, 0.2) is 0 Å². The van der Waals surface area contributed by atoms with E-state index >= 15 is 0 Å². The highest BCUT2D eigenvalue weighted by atomic mass is 16.4. The number of aliphatic carboxylic acids is 1. The van der Waals surface area contributed by atoms with Crippen LogP contribution < -0.4 is 10.2 Å². The first-order valence-electron chi connectivity index (χ1n) is 7.06. The fraction of sp³-hybridized carbons (Fsp3) is 0.562. The summed E-state index contributed by atoms with van der Waals surface area (Å²) in [7, 11) is 2.00. The monoisotopic (exact) mass is 278 g/mol. The molecule has 1 rings (SSSR count). The number of likely N-dealkylation sites (N-methyl/N-ethyl adjacent to an activating group) is 1. The second kappa shape index (κ2) is 6.75. The topological polar surface area (TPSA) is 52.6 Å². The third kappa shape index (κ3) is 4.23. The van der Waals surface area contributed by atoms with Gasteiger partial charge in [-0.25, -0.2) is 0 Å². The molecule has 0 aromatic heterocycles. The Labute approximate surface area is 121 Å². The average Bonchev–Trinajstić information content (AvgIpc) is 2.35. The second-order valence-corrected chi connectivity index (χ2v) is 5.69. The summed E-state index contributed by atoms with van der Waals surface area (Å²) in [5.41, 5.74) is 2.70. The van der Waals surface area contributed by atoms with Gasteiger partial charge in [-0.2, -0.15) is 0 Å². The molecule has 0 saturated heterocycles. The number of hydrogen-bond acceptors (Lipinski definition) is 3. The van der Waals surface area contributed by atoms with Gasteiger partial charge in [0.2, 0.25) is 0 Å². The molecule has 0 fully saturated rings. The molecule has 112 valence electrons. The molecule has 1 atom stereocenters. The minimum atomic E-state index is -0.873. The van der Waals surface area contributed by atoms with E-state index in [1.807, 2.05) is 14.0 Å². The third-order valence-corrected chi connectivity index (χ3v) is 3.63. The summed E-state index contributed by atoms with van der Waals surface area (Å²) < 4.78 is 0. The molecule has 0 saturated carbocycles. The van der Waals surface area contributed by atoms with Gasteiger partial charge in [-0.05, 0) is 57.0 Å². The summed E-state index contributed by atoms with van der Waals surface area (Å²) in [4.78, 5) is 13.5. The van der Waals surface area contributed by atoms with Crippen molar-refractivity contribution in [3.8, 4) is 0 Å². The van der Waals surface area contributed by atoms with Crippen LogP contribution in [0, 0.1) is 13.8 Å². The molecule has 0 radical (unpaired) electrons. The van der Waals surface area contributed by atoms with Crippen molar-refractivity contribution in [3.05, 3.63) is 29.3 Å². The number of carboxylic acids is 1. The normalized spacial score (nSPS) is 13.8. The van der Waals surface area contributed by atoms with Crippen LogP contribution in [-0.4, -0.2) is 36.8 Å². The lowest BCUT2D eigenvalue weighted by atomic mass is 9.97. The molecule has 2 N–H and O–H groups in total. The Morgan fingerprint density at radius 2 is 1.85 bits per heavy atom. The Kier molecular flexibility index (Phi) is 5.57. The van der Waals surface area contributed by atoms with Crippen molar-refractivity contribution in [2.75, 3.05) is 25.0 Å². The Balaban J connectivity index is 2.75. The van der Waals surface area contributed by atoms with E-state index in [0.717, 1.165) is 5.69 Å². The number of benzene rings is 1. The zero-order valence-electron chi connectivity index (χ0n) is 13.2. The molecule has 20 heavy (non-hydrogen) atoms. The van der Waals surface area contributed by atoms with E-state index in [-0.39, 0.29) is 0 Å². The minimum Gasteiger partial charge on any atom is -0.480 e. The SMILES string of the molecule is CCNC(C)(CCN(C)c1cc(C)cc(C)c1)C(=O)O. The summed E-state index contributed by atoms with van der Waals surface area (Å²) in [6.45, 7) is 9.16. The molecule has 0 aliphatic heterocycles. The lowest BCUT2D eigenvalue weighted by Crippen LogP contribution is -2.51. The molecule has 4 heteroatoms. The van der Waals surface area contributed by atoms with E-state index in [4.69, 9.17) is 0 Å². The number of nitrogens with one attached hydrogen (secondary N) is 1. The first-order chi connectivity index (χ1) is 9.28. The predicted molar refractivity (Wildman–Crippen MR) is 83.5 cm³/mol. The van der Waals surface area contributed by atoms with Gasteiger partial charge in [0, 0.05) is 19.3 Å². The van der Waals surface area contributed by atoms with Gasteiger partial charge in [-0.1, -0.05) is 13.0 Å². The van der Waals surface area contributed by atoms with Crippen molar-refractivity contribution in [2.24, 2.45) is 0 Å². The van der Waals surface area contributed by atoms with Gasteiger partial charge in [-0.3, -0.25) is 4.79 Å². The van der Waals surface area contributed by atoms with Crippen LogP contribution in [0.1, 0.15) is 31.4 Å². The number of nitrogens with zero attached hydrogens (tertiary/aromatic N) is 1. The zero-order valence-corrected chi connectivity index (χ0v) is 13.2. The molecule has 0 spiro atoms. The van der Waals surface area contributed by atoms with Gasteiger partial charge in [0.05, 0.1) is 0 Å². The third-order valence-electron chi connectivity index (χ3n) is 3.63. The summed E-state index contributed by atoms with van der Waals surface area (Å²) in [6, 6.07) is 6.38. The van der Waals surface area contributed by atoms with Gasteiger partial charge in [-0.15, -0.1) is 0 Å². The van der Waals surface area contributed by atoms with E-state index in [1.165, 1.54) is 11.1 Å². The first kappa shape index (κ1) is 16.5. The van der Waals surface area contributed by atoms with Crippen molar-refractivity contribution < 1.29 is 9.90 Å². The number of anilines is 1. The molecular weight excluding hydrogens is 252 g/mol. The predicted octanol–water partition coefficient (Wildman–Crippen LogP) is 2.58. The minimum absolute atomic E-state index is 0.555. The van der Waals surface area contributed by atoms with Crippen LogP contribution >= 0.6 is 0 Å². The molecule has 0 bridgehead atoms. The van der Waals surface area contributed by atoms with Crippen LogP contribution in [0.25, 0.3) is 0 Å². The standard InChI is InChI=1S/C16H26N2O2/c1-6-17-16(4,15(19)20)7-8-18(5)14-10-12(2)9-13(3)11-14/h9-11,17H,6-8H2,1-5H3,(H,19,20). The van der Waals surface area contributed by atoms with Crippen LogP contribution in [-0.2, 0) is 4.79 Å². The summed E-state index contributed by atoms with van der Waals surface area (Å²) in [5, 5.41) is 12.4. The largest absolute Gasteiger partial charge is 0.480 e. The van der Waals surface area contributed by atoms with Crippen molar-refractivity contribution in [1.29, 1.82) is 0 Å². The van der Waals surface area contributed by atoms with Crippen LogP contribution in [0.15, 0.2) is 18.2 Å². The van der Waals surface area contributed by atoms with Crippen LogP contribution in [0.2, 0.25) is 0 Å². The van der Waals surface area contributed by atoms with E-state index in [0.29, 0.717) is 19.5 Å². The molecule has 1 aromatic rings. The Bertz CT molecular complexity index is 453. The van der Waals surface area contributed by atoms with Crippen molar-refractivity contribution in [3.63, 3.8) is 0 Å². The Hall–Kier alpha value is -1.55. The number of aryl methyl sites for hydroxylation is 2. The summed E-state index contributed by atoms with van der Waals surface area (Å²) >= 11 is 0. The molecule has 1 aromatic carbocycles. The number of rotatable bonds is 7.